The maximum Gasteiger partial charge on any atom is 0.316 e. The zero-order valence-corrected chi connectivity index (χ0v) is 17.2. The number of fused-ring (bicyclic) bond motifs is 1. The van der Waals surface area contributed by atoms with Crippen molar-refractivity contribution < 1.29 is 19.5 Å². The highest BCUT2D eigenvalue weighted by atomic mass is 32.2. The van der Waals surface area contributed by atoms with Crippen molar-refractivity contribution in [1.82, 2.24) is 14.9 Å². The Morgan fingerprint density at radius 1 is 1.41 bits per heavy atom. The summed E-state index contributed by atoms with van der Waals surface area (Å²) in [7, 11) is 0. The molecule has 8 nitrogen and oxygen atoms in total. The van der Waals surface area contributed by atoms with Gasteiger partial charge in [0, 0.05) is 31.6 Å². The quantitative estimate of drug-likeness (QED) is 0.723. The van der Waals surface area contributed by atoms with Gasteiger partial charge in [0.2, 0.25) is 11.8 Å². The minimum atomic E-state index is -1.36. The first kappa shape index (κ1) is 19.6. The van der Waals surface area contributed by atoms with Gasteiger partial charge in [-0.15, -0.1) is 23.1 Å². The number of hydrogen-bond donors (Lipinski definition) is 1. The van der Waals surface area contributed by atoms with Crippen LogP contribution in [0, 0.1) is 5.41 Å². The number of amides is 2. The molecule has 2 fully saturated rings. The lowest BCUT2D eigenvalue weighted by Crippen LogP contribution is -2.74. The van der Waals surface area contributed by atoms with Gasteiger partial charge in [0.15, 0.2) is 0 Å². The predicted octanol–water partition coefficient (Wildman–Crippen LogP) is 1.96. The van der Waals surface area contributed by atoms with Crippen LogP contribution in [0.4, 0.5) is 5.00 Å². The van der Waals surface area contributed by atoms with Crippen LogP contribution in [0.25, 0.3) is 5.57 Å². The molecule has 2 saturated heterocycles. The van der Waals surface area contributed by atoms with Gasteiger partial charge in [0.1, 0.15) is 16.8 Å². The third kappa shape index (κ3) is 3.03. The van der Waals surface area contributed by atoms with E-state index < -0.39 is 17.4 Å². The van der Waals surface area contributed by atoms with Gasteiger partial charge in [0.25, 0.3) is 0 Å². The van der Waals surface area contributed by atoms with Crippen molar-refractivity contribution in [2.45, 2.75) is 18.3 Å². The number of carbonyl (C=O) groups is 3. The number of anilines is 1. The average molecular weight is 431 g/mol. The SMILES string of the molecule is C=C(c1cnccn1)C1(C(=O)O)CS[C@@H]2C(N(C(C)=O)c3cccs3)C(=O)N2C1. The van der Waals surface area contributed by atoms with Crippen LogP contribution in [0.2, 0.25) is 0 Å². The predicted molar refractivity (Wildman–Crippen MR) is 110 cm³/mol. The molecule has 0 radical (unpaired) electrons. The number of aliphatic carboxylic acids is 1. The van der Waals surface area contributed by atoms with Gasteiger partial charge in [-0.25, -0.2) is 0 Å². The lowest BCUT2D eigenvalue weighted by molar-refractivity contribution is -0.154. The fourth-order valence-electron chi connectivity index (χ4n) is 3.69. The summed E-state index contributed by atoms with van der Waals surface area (Å²) in [6.45, 7) is 5.39. The topological polar surface area (TPSA) is 104 Å². The van der Waals surface area contributed by atoms with Gasteiger partial charge in [-0.1, -0.05) is 6.58 Å². The molecular formula is C19H18N4O4S2. The Bertz CT molecular complexity index is 981. The third-order valence-electron chi connectivity index (χ3n) is 5.27. The smallest absolute Gasteiger partial charge is 0.316 e. The lowest BCUT2D eigenvalue weighted by Gasteiger charge is -2.56. The summed E-state index contributed by atoms with van der Waals surface area (Å²) in [5, 5.41) is 12.3. The van der Waals surface area contributed by atoms with Crippen LogP contribution < -0.4 is 4.90 Å². The van der Waals surface area contributed by atoms with Crippen LogP contribution in [0.15, 0.2) is 42.7 Å². The molecule has 2 unspecified atom stereocenters. The summed E-state index contributed by atoms with van der Waals surface area (Å²) in [5.74, 6) is -1.32. The molecule has 29 heavy (non-hydrogen) atoms. The van der Waals surface area contributed by atoms with Crippen molar-refractivity contribution in [3.63, 3.8) is 0 Å². The molecule has 4 rings (SSSR count). The lowest BCUT2D eigenvalue weighted by atomic mass is 9.79. The van der Waals surface area contributed by atoms with E-state index in [9.17, 15) is 19.5 Å². The third-order valence-corrected chi connectivity index (χ3v) is 7.66. The molecule has 3 atom stereocenters. The first-order chi connectivity index (χ1) is 13.9. The molecule has 2 aliphatic heterocycles. The molecule has 10 heteroatoms. The first-order valence-electron chi connectivity index (χ1n) is 8.81. The van der Waals surface area contributed by atoms with Crippen molar-refractivity contribution >= 4 is 51.5 Å². The van der Waals surface area contributed by atoms with E-state index in [1.807, 2.05) is 11.4 Å². The molecule has 2 aliphatic rings. The van der Waals surface area contributed by atoms with Gasteiger partial charge in [-0.3, -0.25) is 29.3 Å². The van der Waals surface area contributed by atoms with Crippen LogP contribution >= 0.6 is 23.1 Å². The summed E-state index contributed by atoms with van der Waals surface area (Å²) in [6.07, 6.45) is 4.45. The molecule has 150 valence electrons. The van der Waals surface area contributed by atoms with Gasteiger partial charge in [-0.2, -0.15) is 0 Å². The fraction of sp³-hybridized carbons (Fsp3) is 0.316. The second-order valence-corrected chi connectivity index (χ2v) is 8.94. The largest absolute Gasteiger partial charge is 0.481 e. The van der Waals surface area contributed by atoms with Crippen LogP contribution in [0.5, 0.6) is 0 Å². The number of carboxylic acid groups (broad SMARTS) is 1. The summed E-state index contributed by atoms with van der Waals surface area (Å²) in [4.78, 5) is 48.7. The number of carboxylic acids is 1. The maximum absolute atomic E-state index is 13.0. The van der Waals surface area contributed by atoms with E-state index >= 15 is 0 Å². The Morgan fingerprint density at radius 3 is 2.79 bits per heavy atom. The molecule has 1 N–H and O–H groups in total. The molecule has 0 saturated carbocycles. The maximum atomic E-state index is 13.0. The van der Waals surface area contributed by atoms with Gasteiger partial charge in [0.05, 0.1) is 16.9 Å². The minimum absolute atomic E-state index is 0.0130. The van der Waals surface area contributed by atoms with Gasteiger partial charge < -0.3 is 10.0 Å². The van der Waals surface area contributed by atoms with E-state index in [-0.39, 0.29) is 29.5 Å². The molecule has 2 amide bonds. The number of β-lactam (4-membered cyclic amide) rings is 1. The summed E-state index contributed by atoms with van der Waals surface area (Å²) in [5.41, 5.74) is -0.647. The van der Waals surface area contributed by atoms with Gasteiger partial charge in [-0.05, 0) is 23.1 Å². The van der Waals surface area contributed by atoms with Crippen LogP contribution in [0.3, 0.4) is 0 Å². The number of carbonyl (C=O) groups excluding carboxylic acids is 2. The van der Waals surface area contributed by atoms with Crippen molar-refractivity contribution in [2.24, 2.45) is 5.41 Å². The minimum Gasteiger partial charge on any atom is -0.481 e. The van der Waals surface area contributed by atoms with E-state index in [4.69, 9.17) is 0 Å². The van der Waals surface area contributed by atoms with Crippen molar-refractivity contribution in [1.29, 1.82) is 0 Å². The Kier molecular flexibility index (Phi) is 4.91. The van der Waals surface area contributed by atoms with Crippen molar-refractivity contribution in [3.05, 3.63) is 48.4 Å². The first-order valence-corrected chi connectivity index (χ1v) is 10.7. The van der Waals surface area contributed by atoms with E-state index in [1.54, 1.807) is 6.07 Å². The second-order valence-electron chi connectivity index (χ2n) is 6.91. The van der Waals surface area contributed by atoms with Crippen LogP contribution in [-0.4, -0.2) is 61.5 Å². The zero-order valence-electron chi connectivity index (χ0n) is 15.5. The summed E-state index contributed by atoms with van der Waals surface area (Å²) >= 11 is 2.74. The Morgan fingerprint density at radius 2 is 2.21 bits per heavy atom. The van der Waals surface area contributed by atoms with Crippen LogP contribution in [-0.2, 0) is 14.4 Å². The Balaban J connectivity index is 1.61. The van der Waals surface area contributed by atoms with E-state index in [1.165, 1.54) is 58.4 Å². The number of thiophene rings is 1. The number of thioether (sulfide) groups is 1. The van der Waals surface area contributed by atoms with Crippen molar-refractivity contribution in [2.75, 3.05) is 17.2 Å². The number of rotatable bonds is 5. The zero-order chi connectivity index (χ0) is 20.8. The molecule has 2 aromatic heterocycles. The molecule has 0 aromatic carbocycles. The molecule has 2 aromatic rings. The van der Waals surface area contributed by atoms with Gasteiger partial charge >= 0.3 is 5.97 Å². The monoisotopic (exact) mass is 430 g/mol. The Labute approximate surface area is 175 Å². The summed E-state index contributed by atoms with van der Waals surface area (Å²) < 4.78 is 0. The van der Waals surface area contributed by atoms with Crippen molar-refractivity contribution in [3.8, 4) is 0 Å². The molecular weight excluding hydrogens is 412 g/mol. The highest BCUT2D eigenvalue weighted by Crippen LogP contribution is 2.49. The fourth-order valence-corrected chi connectivity index (χ4v) is 6.13. The average Bonchev–Trinajstić information content (AvgIpc) is 3.25. The van der Waals surface area contributed by atoms with E-state index in [0.717, 1.165) is 0 Å². The molecule has 4 heterocycles. The number of hydrogen-bond acceptors (Lipinski definition) is 7. The highest BCUT2D eigenvalue weighted by molar-refractivity contribution is 8.00. The number of aromatic nitrogens is 2. The molecule has 0 spiro atoms. The normalized spacial score (nSPS) is 25.7. The molecule has 0 bridgehead atoms. The summed E-state index contributed by atoms with van der Waals surface area (Å²) in [6, 6.07) is 2.99. The standard InChI is InChI=1S/C19H18N4O4S2/c1-11(13-8-20-5-6-21-13)19(18(26)27)9-22-16(25)15(17(22)29-10-19)23(12(2)24)14-4-3-7-28-14/h3-8,15,17H,1,9-10H2,2H3,(H,26,27)/t15?,17-,19?/m1/s1. The Hall–Kier alpha value is -2.72. The highest BCUT2D eigenvalue weighted by Gasteiger charge is 2.60. The van der Waals surface area contributed by atoms with E-state index in [2.05, 4.69) is 16.5 Å². The van der Waals surface area contributed by atoms with Crippen LogP contribution in [0.1, 0.15) is 12.6 Å². The number of nitrogens with zero attached hydrogens (tertiary/aromatic N) is 4. The van der Waals surface area contributed by atoms with E-state index in [0.29, 0.717) is 16.3 Å². The molecule has 0 aliphatic carbocycles. The second kappa shape index (κ2) is 7.27.